The number of esters is 1. The summed E-state index contributed by atoms with van der Waals surface area (Å²) < 4.78 is 5.31. The first-order valence-electron chi connectivity index (χ1n) is 5.75. The smallest absolute Gasteiger partial charge is 0.306 e. The average Bonchev–Trinajstić information content (AvgIpc) is 2.05. The van der Waals surface area contributed by atoms with Crippen LogP contribution in [0, 0.1) is 5.92 Å². The zero-order valence-electron chi connectivity index (χ0n) is 10.1. The van der Waals surface area contributed by atoms with Crippen molar-refractivity contribution in [1.82, 2.24) is 0 Å². The predicted octanol–water partition coefficient (Wildman–Crippen LogP) is 3.46. The molecule has 0 aliphatic heterocycles. The van der Waals surface area contributed by atoms with Gasteiger partial charge in [-0.25, -0.2) is 0 Å². The molecular formula is C13H22O2. The Balaban J connectivity index is 2.29. The number of allylic oxidation sites excluding steroid dienone is 1. The maximum absolute atomic E-state index is 11.6. The normalized spacial score (nSPS) is 19.0. The summed E-state index contributed by atoms with van der Waals surface area (Å²) in [5, 5.41) is 0. The molecule has 0 spiro atoms. The molecule has 0 saturated heterocycles. The van der Waals surface area contributed by atoms with Crippen molar-refractivity contribution in [2.45, 2.75) is 58.5 Å². The third-order valence-corrected chi connectivity index (χ3v) is 2.69. The van der Waals surface area contributed by atoms with Crippen LogP contribution < -0.4 is 0 Å². The Labute approximate surface area is 92.7 Å². The van der Waals surface area contributed by atoms with E-state index in [1.165, 1.54) is 5.57 Å². The van der Waals surface area contributed by atoms with Gasteiger partial charge in [0.25, 0.3) is 0 Å². The van der Waals surface area contributed by atoms with Crippen molar-refractivity contribution >= 4 is 5.97 Å². The van der Waals surface area contributed by atoms with Crippen molar-refractivity contribution in [2.75, 3.05) is 0 Å². The Hall–Kier alpha value is -0.790. The zero-order valence-corrected chi connectivity index (χ0v) is 10.1. The van der Waals surface area contributed by atoms with Crippen LogP contribution >= 0.6 is 0 Å². The highest BCUT2D eigenvalue weighted by atomic mass is 16.6. The summed E-state index contributed by atoms with van der Waals surface area (Å²) in [5.74, 6) is 0.449. The largest absolute Gasteiger partial charge is 0.460 e. The molecule has 1 aliphatic rings. The zero-order chi connectivity index (χ0) is 11.5. The molecule has 1 saturated carbocycles. The van der Waals surface area contributed by atoms with Gasteiger partial charge in [-0.05, 0) is 52.4 Å². The van der Waals surface area contributed by atoms with E-state index in [-0.39, 0.29) is 11.6 Å². The number of rotatable bonds is 2. The van der Waals surface area contributed by atoms with E-state index in [9.17, 15) is 4.79 Å². The molecule has 1 rings (SSSR count). The number of carbonyl (C=O) groups excluding carboxylic acids is 1. The van der Waals surface area contributed by atoms with Crippen molar-refractivity contribution in [3.8, 4) is 0 Å². The van der Waals surface area contributed by atoms with E-state index < -0.39 is 0 Å². The minimum atomic E-state index is -0.352. The van der Waals surface area contributed by atoms with E-state index in [2.05, 4.69) is 6.58 Å². The summed E-state index contributed by atoms with van der Waals surface area (Å²) in [7, 11) is 0. The van der Waals surface area contributed by atoms with Crippen LogP contribution in [0.1, 0.15) is 52.9 Å². The first kappa shape index (κ1) is 12.3. The third kappa shape index (κ3) is 5.01. The standard InChI is InChI=1S/C13H22O2/c1-10-5-7-11(8-6-10)9-12(14)15-13(2,3)4/h11H,1,5-9H2,2-4H3. The van der Waals surface area contributed by atoms with Crippen LogP contribution in [0.4, 0.5) is 0 Å². The lowest BCUT2D eigenvalue weighted by Crippen LogP contribution is -2.25. The van der Waals surface area contributed by atoms with E-state index >= 15 is 0 Å². The summed E-state index contributed by atoms with van der Waals surface area (Å²) in [6.45, 7) is 9.70. The highest BCUT2D eigenvalue weighted by Crippen LogP contribution is 2.29. The molecule has 0 heterocycles. The number of hydrogen-bond donors (Lipinski definition) is 0. The van der Waals surface area contributed by atoms with Gasteiger partial charge in [0.05, 0.1) is 0 Å². The monoisotopic (exact) mass is 210 g/mol. The van der Waals surface area contributed by atoms with E-state index in [0.29, 0.717) is 12.3 Å². The maximum Gasteiger partial charge on any atom is 0.306 e. The van der Waals surface area contributed by atoms with E-state index in [0.717, 1.165) is 25.7 Å². The molecular weight excluding hydrogens is 188 g/mol. The molecule has 0 atom stereocenters. The third-order valence-electron chi connectivity index (χ3n) is 2.69. The number of carbonyl (C=O) groups is 1. The van der Waals surface area contributed by atoms with Gasteiger partial charge in [-0.2, -0.15) is 0 Å². The second-order valence-electron chi connectivity index (χ2n) is 5.48. The van der Waals surface area contributed by atoms with Crippen molar-refractivity contribution < 1.29 is 9.53 Å². The molecule has 0 radical (unpaired) electrons. The molecule has 0 N–H and O–H groups in total. The fourth-order valence-electron chi connectivity index (χ4n) is 1.91. The molecule has 0 bridgehead atoms. The average molecular weight is 210 g/mol. The van der Waals surface area contributed by atoms with Gasteiger partial charge in [0.15, 0.2) is 0 Å². The fourth-order valence-corrected chi connectivity index (χ4v) is 1.91. The van der Waals surface area contributed by atoms with Crippen molar-refractivity contribution in [3.05, 3.63) is 12.2 Å². The van der Waals surface area contributed by atoms with Gasteiger partial charge < -0.3 is 4.74 Å². The molecule has 1 aliphatic carbocycles. The molecule has 0 amide bonds. The molecule has 1 fully saturated rings. The van der Waals surface area contributed by atoms with E-state index in [1.807, 2.05) is 20.8 Å². The Morgan fingerprint density at radius 1 is 1.40 bits per heavy atom. The summed E-state index contributed by atoms with van der Waals surface area (Å²) >= 11 is 0. The fraction of sp³-hybridized carbons (Fsp3) is 0.769. The summed E-state index contributed by atoms with van der Waals surface area (Å²) in [6.07, 6.45) is 4.92. The second-order valence-corrected chi connectivity index (χ2v) is 5.48. The van der Waals surface area contributed by atoms with Gasteiger partial charge in [-0.15, -0.1) is 0 Å². The highest BCUT2D eigenvalue weighted by Gasteiger charge is 2.22. The SMILES string of the molecule is C=C1CCC(CC(=O)OC(C)(C)C)CC1. The van der Waals surface area contributed by atoms with Crippen LogP contribution in [0.3, 0.4) is 0 Å². The molecule has 0 aromatic carbocycles. The van der Waals surface area contributed by atoms with Gasteiger partial charge >= 0.3 is 5.97 Å². The van der Waals surface area contributed by atoms with Gasteiger partial charge in [0.2, 0.25) is 0 Å². The Kier molecular flexibility index (Phi) is 3.95. The number of ether oxygens (including phenoxy) is 1. The van der Waals surface area contributed by atoms with Crippen molar-refractivity contribution in [3.63, 3.8) is 0 Å². The molecule has 86 valence electrons. The van der Waals surface area contributed by atoms with Gasteiger partial charge in [-0.1, -0.05) is 12.2 Å². The number of hydrogen-bond acceptors (Lipinski definition) is 2. The topological polar surface area (TPSA) is 26.3 Å². The predicted molar refractivity (Wildman–Crippen MR) is 61.6 cm³/mol. The molecule has 0 unspecified atom stereocenters. The minimum Gasteiger partial charge on any atom is -0.460 e. The van der Waals surface area contributed by atoms with Gasteiger partial charge in [0, 0.05) is 6.42 Å². The first-order valence-corrected chi connectivity index (χ1v) is 5.75. The molecule has 2 nitrogen and oxygen atoms in total. The van der Waals surface area contributed by atoms with Crippen molar-refractivity contribution in [1.29, 1.82) is 0 Å². The highest BCUT2D eigenvalue weighted by molar-refractivity contribution is 5.70. The quantitative estimate of drug-likeness (QED) is 0.515. The Morgan fingerprint density at radius 2 is 1.93 bits per heavy atom. The van der Waals surface area contributed by atoms with Gasteiger partial charge in [0.1, 0.15) is 5.60 Å². The summed E-state index contributed by atoms with van der Waals surface area (Å²) in [5.41, 5.74) is 0.977. The van der Waals surface area contributed by atoms with Crippen LogP contribution in [0.25, 0.3) is 0 Å². The Bertz CT molecular complexity index is 238. The summed E-state index contributed by atoms with van der Waals surface area (Å²) in [6, 6.07) is 0. The molecule has 15 heavy (non-hydrogen) atoms. The van der Waals surface area contributed by atoms with Crippen LogP contribution in [0.2, 0.25) is 0 Å². The van der Waals surface area contributed by atoms with E-state index in [4.69, 9.17) is 4.74 Å². The first-order chi connectivity index (χ1) is 6.87. The van der Waals surface area contributed by atoms with Crippen LogP contribution in [0.15, 0.2) is 12.2 Å². The minimum absolute atomic E-state index is 0.0555. The van der Waals surface area contributed by atoms with Crippen LogP contribution in [-0.4, -0.2) is 11.6 Å². The lowest BCUT2D eigenvalue weighted by molar-refractivity contribution is -0.156. The van der Waals surface area contributed by atoms with Crippen LogP contribution in [-0.2, 0) is 9.53 Å². The summed E-state index contributed by atoms with van der Waals surface area (Å²) in [4.78, 5) is 11.6. The van der Waals surface area contributed by atoms with Gasteiger partial charge in [-0.3, -0.25) is 4.79 Å². The molecule has 2 heteroatoms. The Morgan fingerprint density at radius 3 is 2.40 bits per heavy atom. The molecule has 0 aromatic rings. The lowest BCUT2D eigenvalue weighted by Gasteiger charge is -2.25. The van der Waals surface area contributed by atoms with E-state index in [1.54, 1.807) is 0 Å². The molecule has 0 aromatic heterocycles. The van der Waals surface area contributed by atoms with Crippen LogP contribution in [0.5, 0.6) is 0 Å². The second kappa shape index (κ2) is 4.82. The van der Waals surface area contributed by atoms with Crippen molar-refractivity contribution in [2.24, 2.45) is 5.92 Å². The maximum atomic E-state index is 11.6. The lowest BCUT2D eigenvalue weighted by atomic mass is 9.85.